The van der Waals surface area contributed by atoms with Crippen LogP contribution in [-0.4, -0.2) is 48.7 Å². The zero-order valence-corrected chi connectivity index (χ0v) is 12.0. The second-order valence-electron chi connectivity index (χ2n) is 4.17. The summed E-state index contributed by atoms with van der Waals surface area (Å²) in [5.41, 5.74) is 0. The third-order valence-corrected chi connectivity index (χ3v) is 2.50. The first-order chi connectivity index (χ1) is 9.12. The van der Waals surface area contributed by atoms with Crippen molar-refractivity contribution in [2.45, 2.75) is 20.3 Å². The van der Waals surface area contributed by atoms with Crippen molar-refractivity contribution < 1.29 is 0 Å². The largest absolute Gasteiger partial charge is 0.354 e. The van der Waals surface area contributed by atoms with E-state index in [9.17, 15) is 0 Å². The Morgan fingerprint density at radius 3 is 2.37 bits per heavy atom. The molecule has 19 heavy (non-hydrogen) atoms. The summed E-state index contributed by atoms with van der Waals surface area (Å²) in [6, 6.07) is 2.14. The Hall–Kier alpha value is -2.10. The Bertz CT molecular complexity index is 438. The molecule has 1 aromatic heterocycles. The number of anilines is 3. The molecule has 1 heterocycles. The highest BCUT2D eigenvalue weighted by Crippen LogP contribution is 2.15. The Kier molecular flexibility index (Phi) is 5.79. The summed E-state index contributed by atoms with van der Waals surface area (Å²) >= 11 is 0. The maximum absolute atomic E-state index is 8.69. The van der Waals surface area contributed by atoms with Crippen LogP contribution in [0, 0.1) is 11.3 Å². The Balaban J connectivity index is 3.06. The molecule has 0 saturated heterocycles. The summed E-state index contributed by atoms with van der Waals surface area (Å²) < 4.78 is 0. The third kappa shape index (κ3) is 4.25. The molecule has 0 aromatic carbocycles. The van der Waals surface area contributed by atoms with Gasteiger partial charge in [0.05, 0.1) is 12.5 Å². The average molecular weight is 263 g/mol. The predicted octanol–water partition coefficient (Wildman–Crippen LogP) is 1.11. The number of aromatic nitrogens is 3. The lowest BCUT2D eigenvalue weighted by atomic mass is 10.4. The van der Waals surface area contributed by atoms with Gasteiger partial charge in [-0.25, -0.2) is 0 Å². The fourth-order valence-corrected chi connectivity index (χ4v) is 1.52. The van der Waals surface area contributed by atoms with Gasteiger partial charge in [0, 0.05) is 33.7 Å². The summed E-state index contributed by atoms with van der Waals surface area (Å²) in [6.45, 7) is 6.13. The van der Waals surface area contributed by atoms with E-state index in [4.69, 9.17) is 5.26 Å². The number of hydrogen-bond acceptors (Lipinski definition) is 7. The molecule has 0 amide bonds. The van der Waals surface area contributed by atoms with Crippen molar-refractivity contribution in [3.05, 3.63) is 0 Å². The maximum Gasteiger partial charge on any atom is 0.231 e. The Morgan fingerprint density at radius 1 is 1.16 bits per heavy atom. The highest BCUT2D eigenvalue weighted by molar-refractivity contribution is 5.44. The molecule has 0 bridgehead atoms. The average Bonchev–Trinajstić information content (AvgIpc) is 2.39. The lowest BCUT2D eigenvalue weighted by molar-refractivity contribution is 0.780. The fraction of sp³-hybridized carbons (Fsp3) is 0.667. The first-order valence-electron chi connectivity index (χ1n) is 6.41. The Labute approximate surface area is 114 Å². The van der Waals surface area contributed by atoms with Gasteiger partial charge in [0.1, 0.15) is 0 Å². The molecule has 7 nitrogen and oxygen atoms in total. The molecule has 7 heteroatoms. The minimum atomic E-state index is 0.452. The minimum absolute atomic E-state index is 0.452. The summed E-state index contributed by atoms with van der Waals surface area (Å²) in [4.78, 5) is 16.9. The van der Waals surface area contributed by atoms with Crippen molar-refractivity contribution in [1.82, 2.24) is 15.0 Å². The number of rotatable bonds is 7. The van der Waals surface area contributed by atoms with Gasteiger partial charge >= 0.3 is 0 Å². The predicted molar refractivity (Wildman–Crippen MR) is 76.4 cm³/mol. The smallest absolute Gasteiger partial charge is 0.231 e. The number of hydrogen-bond donors (Lipinski definition) is 1. The summed E-state index contributed by atoms with van der Waals surface area (Å²) in [7, 11) is 3.78. The number of nitriles is 1. The van der Waals surface area contributed by atoms with Crippen LogP contribution in [0.4, 0.5) is 17.8 Å². The first kappa shape index (κ1) is 15.0. The quantitative estimate of drug-likeness (QED) is 0.789. The van der Waals surface area contributed by atoms with Crippen LogP contribution in [0.5, 0.6) is 0 Å². The first-order valence-corrected chi connectivity index (χ1v) is 6.41. The van der Waals surface area contributed by atoms with Crippen LogP contribution < -0.4 is 15.1 Å². The molecular weight excluding hydrogens is 242 g/mol. The normalized spacial score (nSPS) is 9.84. The van der Waals surface area contributed by atoms with Crippen LogP contribution >= 0.6 is 0 Å². The van der Waals surface area contributed by atoms with Gasteiger partial charge in [-0.3, -0.25) is 0 Å². The molecule has 0 aliphatic heterocycles. The standard InChI is InChI=1S/C12H21N7/c1-5-14-10-15-11(18(3)4)17-12(16-10)19(6-2)9-7-8-13/h5-7,9H2,1-4H3,(H,14,15,16,17). The molecule has 0 spiro atoms. The third-order valence-electron chi connectivity index (χ3n) is 2.50. The molecular formula is C12H21N7. The van der Waals surface area contributed by atoms with Crippen LogP contribution in [0.25, 0.3) is 0 Å². The highest BCUT2D eigenvalue weighted by Gasteiger charge is 2.12. The van der Waals surface area contributed by atoms with Crippen molar-refractivity contribution in [2.24, 2.45) is 0 Å². The van der Waals surface area contributed by atoms with E-state index < -0.39 is 0 Å². The summed E-state index contributed by atoms with van der Waals surface area (Å²) in [6.07, 6.45) is 0.452. The molecule has 0 unspecified atom stereocenters. The van der Waals surface area contributed by atoms with Gasteiger partial charge in [0.2, 0.25) is 17.8 Å². The second-order valence-corrected chi connectivity index (χ2v) is 4.17. The SMILES string of the molecule is CCNc1nc(N(C)C)nc(N(CC)CCC#N)n1. The summed E-state index contributed by atoms with van der Waals surface area (Å²) in [5, 5.41) is 11.8. The molecule has 0 aliphatic rings. The number of nitrogens with zero attached hydrogens (tertiary/aromatic N) is 6. The van der Waals surface area contributed by atoms with Crippen molar-refractivity contribution in [1.29, 1.82) is 5.26 Å². The molecule has 0 atom stereocenters. The van der Waals surface area contributed by atoms with E-state index in [-0.39, 0.29) is 0 Å². The number of nitrogens with one attached hydrogen (secondary N) is 1. The van der Waals surface area contributed by atoms with Crippen molar-refractivity contribution in [2.75, 3.05) is 48.8 Å². The van der Waals surface area contributed by atoms with E-state index in [1.165, 1.54) is 0 Å². The topological polar surface area (TPSA) is 81.0 Å². The molecule has 1 N–H and O–H groups in total. The van der Waals surface area contributed by atoms with Gasteiger partial charge in [-0.1, -0.05) is 0 Å². The maximum atomic E-state index is 8.69. The van der Waals surface area contributed by atoms with Crippen LogP contribution in [0.2, 0.25) is 0 Å². The minimum Gasteiger partial charge on any atom is -0.354 e. The second kappa shape index (κ2) is 7.36. The van der Waals surface area contributed by atoms with Crippen LogP contribution in [0.3, 0.4) is 0 Å². The van der Waals surface area contributed by atoms with E-state index in [1.807, 2.05) is 37.7 Å². The lowest BCUT2D eigenvalue weighted by Gasteiger charge is -2.21. The highest BCUT2D eigenvalue weighted by atomic mass is 15.3. The van der Waals surface area contributed by atoms with Gasteiger partial charge < -0.3 is 15.1 Å². The summed E-state index contributed by atoms with van der Waals surface area (Å²) in [5.74, 6) is 1.77. The molecule has 0 saturated carbocycles. The van der Waals surface area contributed by atoms with Gasteiger partial charge in [-0.2, -0.15) is 20.2 Å². The van der Waals surface area contributed by atoms with Crippen molar-refractivity contribution in [3.8, 4) is 6.07 Å². The molecule has 0 fully saturated rings. The van der Waals surface area contributed by atoms with E-state index in [0.717, 1.165) is 13.1 Å². The van der Waals surface area contributed by atoms with E-state index in [2.05, 4.69) is 26.3 Å². The van der Waals surface area contributed by atoms with Crippen molar-refractivity contribution in [3.63, 3.8) is 0 Å². The zero-order chi connectivity index (χ0) is 14.3. The lowest BCUT2D eigenvalue weighted by Crippen LogP contribution is -2.27. The fourth-order valence-electron chi connectivity index (χ4n) is 1.52. The van der Waals surface area contributed by atoms with Crippen LogP contribution in [-0.2, 0) is 0 Å². The molecule has 1 aromatic rings. The van der Waals surface area contributed by atoms with Crippen LogP contribution in [0.15, 0.2) is 0 Å². The van der Waals surface area contributed by atoms with E-state index >= 15 is 0 Å². The van der Waals surface area contributed by atoms with Gasteiger partial charge in [-0.05, 0) is 13.8 Å². The monoisotopic (exact) mass is 263 g/mol. The molecule has 104 valence electrons. The van der Waals surface area contributed by atoms with Gasteiger partial charge in [-0.15, -0.1) is 0 Å². The van der Waals surface area contributed by atoms with E-state index in [1.54, 1.807) is 0 Å². The van der Waals surface area contributed by atoms with Crippen molar-refractivity contribution >= 4 is 17.8 Å². The van der Waals surface area contributed by atoms with Gasteiger partial charge in [0.25, 0.3) is 0 Å². The van der Waals surface area contributed by atoms with E-state index in [0.29, 0.717) is 30.8 Å². The van der Waals surface area contributed by atoms with Gasteiger partial charge in [0.15, 0.2) is 0 Å². The zero-order valence-electron chi connectivity index (χ0n) is 12.0. The Morgan fingerprint density at radius 2 is 1.84 bits per heavy atom. The van der Waals surface area contributed by atoms with Crippen LogP contribution in [0.1, 0.15) is 20.3 Å². The molecule has 0 radical (unpaired) electrons. The molecule has 0 aliphatic carbocycles. The molecule has 1 rings (SSSR count).